The van der Waals surface area contributed by atoms with E-state index in [2.05, 4.69) is 18.5 Å². The smallest absolute Gasteiger partial charge is 0.143 e. The van der Waals surface area contributed by atoms with Crippen LogP contribution in [-0.2, 0) is 6.42 Å². The van der Waals surface area contributed by atoms with Gasteiger partial charge in [0.15, 0.2) is 0 Å². The van der Waals surface area contributed by atoms with E-state index in [4.69, 9.17) is 4.74 Å². The van der Waals surface area contributed by atoms with Crippen molar-refractivity contribution in [3.63, 3.8) is 0 Å². The molecular weight excluding hydrogens is 255 g/mol. The van der Waals surface area contributed by atoms with Gasteiger partial charge in [-0.25, -0.2) is 4.39 Å². The topological polar surface area (TPSA) is 28.3 Å². The number of ether oxygens (including phenoxy) is 1. The van der Waals surface area contributed by atoms with Crippen molar-refractivity contribution >= 4 is 10.9 Å². The molecule has 1 aromatic carbocycles. The highest BCUT2D eigenvalue weighted by atomic mass is 19.1. The number of halogens is 1. The van der Waals surface area contributed by atoms with E-state index in [0.717, 1.165) is 28.8 Å². The molecule has 0 saturated heterocycles. The minimum absolute atomic E-state index is 0.448. The Labute approximate surface area is 119 Å². The lowest BCUT2D eigenvalue weighted by Gasteiger charge is -2.16. The summed E-state index contributed by atoms with van der Waals surface area (Å²) in [6.45, 7) is 6.50. The summed E-state index contributed by atoms with van der Waals surface area (Å²) in [5.41, 5.74) is 3.45. The molecular formula is C16H21FN2O. The molecule has 108 valence electrons. The van der Waals surface area contributed by atoms with Gasteiger partial charge in [0.2, 0.25) is 0 Å². The number of alkyl halides is 1. The monoisotopic (exact) mass is 276 g/mol. The van der Waals surface area contributed by atoms with Gasteiger partial charge in [-0.3, -0.25) is 4.90 Å². The van der Waals surface area contributed by atoms with E-state index in [1.54, 1.807) is 18.1 Å². The van der Waals surface area contributed by atoms with Crippen molar-refractivity contribution in [1.82, 2.24) is 9.88 Å². The molecule has 0 atom stereocenters. The number of benzene rings is 1. The van der Waals surface area contributed by atoms with Gasteiger partial charge < -0.3 is 9.72 Å². The van der Waals surface area contributed by atoms with Crippen LogP contribution >= 0.6 is 0 Å². The van der Waals surface area contributed by atoms with Crippen LogP contribution in [0.3, 0.4) is 0 Å². The van der Waals surface area contributed by atoms with Crippen LogP contribution < -0.4 is 4.74 Å². The van der Waals surface area contributed by atoms with Crippen molar-refractivity contribution in [2.45, 2.75) is 13.3 Å². The first kappa shape index (κ1) is 14.6. The van der Waals surface area contributed by atoms with Crippen LogP contribution in [-0.4, -0.2) is 36.9 Å². The minimum atomic E-state index is -0.448. The van der Waals surface area contributed by atoms with E-state index in [-0.39, 0.29) is 0 Å². The minimum Gasteiger partial charge on any atom is -0.497 e. The number of aryl methyl sites for hydroxylation is 1. The SMILES string of the molecule is C=CCN(CF)CCc1c(C)[nH]c2ccc(OC)cc12. The first-order valence-corrected chi connectivity index (χ1v) is 6.74. The number of H-pyrrole nitrogens is 1. The van der Waals surface area contributed by atoms with Crippen LogP contribution in [0.4, 0.5) is 4.39 Å². The summed E-state index contributed by atoms with van der Waals surface area (Å²) in [7, 11) is 1.66. The molecule has 2 aromatic rings. The normalized spacial score (nSPS) is 11.2. The van der Waals surface area contributed by atoms with Gasteiger partial charge in [0.25, 0.3) is 0 Å². The van der Waals surface area contributed by atoms with Gasteiger partial charge >= 0.3 is 0 Å². The van der Waals surface area contributed by atoms with Crippen LogP contribution in [0.15, 0.2) is 30.9 Å². The van der Waals surface area contributed by atoms with Crippen molar-refractivity contribution in [1.29, 1.82) is 0 Å². The maximum atomic E-state index is 12.9. The van der Waals surface area contributed by atoms with E-state index in [1.165, 1.54) is 5.56 Å². The van der Waals surface area contributed by atoms with Gasteiger partial charge in [-0.15, -0.1) is 6.58 Å². The zero-order chi connectivity index (χ0) is 14.5. The number of methoxy groups -OCH3 is 1. The average molecular weight is 276 g/mol. The molecule has 0 aliphatic heterocycles. The predicted molar refractivity (Wildman–Crippen MR) is 81.0 cm³/mol. The predicted octanol–water partition coefficient (Wildman–Crippen LogP) is 3.44. The fraction of sp³-hybridized carbons (Fsp3) is 0.375. The van der Waals surface area contributed by atoms with Gasteiger partial charge in [-0.1, -0.05) is 6.08 Å². The second-order valence-electron chi connectivity index (χ2n) is 4.88. The van der Waals surface area contributed by atoms with Crippen molar-refractivity contribution in [3.05, 3.63) is 42.1 Å². The number of nitrogens with one attached hydrogen (secondary N) is 1. The second kappa shape index (κ2) is 6.57. The van der Waals surface area contributed by atoms with Crippen LogP contribution in [0.2, 0.25) is 0 Å². The Morgan fingerprint density at radius 1 is 1.45 bits per heavy atom. The highest BCUT2D eigenvalue weighted by Crippen LogP contribution is 2.26. The Bertz CT molecular complexity index is 591. The summed E-state index contributed by atoms with van der Waals surface area (Å²) in [4.78, 5) is 5.09. The van der Waals surface area contributed by atoms with Gasteiger partial charge in [-0.2, -0.15) is 0 Å². The molecule has 1 N–H and O–H groups in total. The molecule has 0 amide bonds. The summed E-state index contributed by atoms with van der Waals surface area (Å²) >= 11 is 0. The average Bonchev–Trinajstić information content (AvgIpc) is 2.78. The number of aromatic amines is 1. The summed E-state index contributed by atoms with van der Waals surface area (Å²) in [5.74, 6) is 0.839. The molecule has 0 aliphatic carbocycles. The maximum Gasteiger partial charge on any atom is 0.143 e. The molecule has 0 unspecified atom stereocenters. The zero-order valence-corrected chi connectivity index (χ0v) is 12.1. The maximum absolute atomic E-state index is 12.9. The molecule has 1 aromatic heterocycles. The van der Waals surface area contributed by atoms with Gasteiger partial charge in [0.1, 0.15) is 12.5 Å². The molecule has 4 heteroatoms. The third kappa shape index (κ3) is 3.02. The van der Waals surface area contributed by atoms with E-state index in [0.29, 0.717) is 13.1 Å². The second-order valence-corrected chi connectivity index (χ2v) is 4.88. The largest absolute Gasteiger partial charge is 0.497 e. The lowest BCUT2D eigenvalue weighted by atomic mass is 10.1. The molecule has 0 fully saturated rings. The fourth-order valence-electron chi connectivity index (χ4n) is 2.46. The van der Waals surface area contributed by atoms with Crippen molar-refractivity contribution < 1.29 is 9.13 Å². The van der Waals surface area contributed by atoms with E-state index in [1.807, 2.05) is 18.2 Å². The van der Waals surface area contributed by atoms with Crippen molar-refractivity contribution in [2.75, 3.05) is 27.0 Å². The third-order valence-corrected chi connectivity index (χ3v) is 3.56. The number of hydrogen-bond donors (Lipinski definition) is 1. The van der Waals surface area contributed by atoms with Crippen LogP contribution in [0.25, 0.3) is 10.9 Å². The Hall–Kier alpha value is -1.81. The molecule has 0 bridgehead atoms. The number of fused-ring (bicyclic) bond motifs is 1. The zero-order valence-electron chi connectivity index (χ0n) is 12.1. The Kier molecular flexibility index (Phi) is 4.79. The van der Waals surface area contributed by atoms with Crippen LogP contribution in [0.5, 0.6) is 5.75 Å². The number of rotatable bonds is 7. The Morgan fingerprint density at radius 2 is 2.25 bits per heavy atom. The Morgan fingerprint density at radius 3 is 2.90 bits per heavy atom. The highest BCUT2D eigenvalue weighted by molar-refractivity contribution is 5.86. The highest BCUT2D eigenvalue weighted by Gasteiger charge is 2.11. The molecule has 20 heavy (non-hydrogen) atoms. The lowest BCUT2D eigenvalue weighted by Crippen LogP contribution is -2.25. The van der Waals surface area contributed by atoms with E-state index >= 15 is 0 Å². The quantitative estimate of drug-likeness (QED) is 0.620. The van der Waals surface area contributed by atoms with E-state index < -0.39 is 6.80 Å². The number of aromatic nitrogens is 1. The first-order chi connectivity index (χ1) is 9.69. The fourth-order valence-corrected chi connectivity index (χ4v) is 2.46. The summed E-state index contributed by atoms with van der Waals surface area (Å²) in [6, 6.07) is 5.98. The van der Waals surface area contributed by atoms with Crippen LogP contribution in [0.1, 0.15) is 11.3 Å². The Balaban J connectivity index is 2.24. The lowest BCUT2D eigenvalue weighted by molar-refractivity contribution is 0.206. The first-order valence-electron chi connectivity index (χ1n) is 6.74. The van der Waals surface area contributed by atoms with Crippen molar-refractivity contribution in [2.24, 2.45) is 0 Å². The molecule has 1 heterocycles. The number of hydrogen-bond acceptors (Lipinski definition) is 2. The standard InChI is InChI=1S/C16H21FN2O/c1-4-8-19(11-17)9-7-14-12(2)18-16-6-5-13(20-3)10-15(14)16/h4-6,10,18H,1,7-9,11H2,2-3H3. The van der Waals surface area contributed by atoms with Crippen molar-refractivity contribution in [3.8, 4) is 5.75 Å². The number of nitrogens with zero attached hydrogens (tertiary/aromatic N) is 1. The molecule has 0 saturated carbocycles. The summed E-state index contributed by atoms with van der Waals surface area (Å²) in [5, 5.41) is 1.15. The molecule has 0 aliphatic rings. The molecule has 3 nitrogen and oxygen atoms in total. The van der Waals surface area contributed by atoms with Gasteiger partial charge in [0.05, 0.1) is 7.11 Å². The summed E-state index contributed by atoms with van der Waals surface area (Å²) in [6.07, 6.45) is 2.53. The van der Waals surface area contributed by atoms with Gasteiger partial charge in [0, 0.05) is 29.7 Å². The third-order valence-electron chi connectivity index (χ3n) is 3.56. The van der Waals surface area contributed by atoms with E-state index in [9.17, 15) is 4.39 Å². The van der Waals surface area contributed by atoms with Gasteiger partial charge in [-0.05, 0) is 37.1 Å². The molecule has 2 rings (SSSR count). The summed E-state index contributed by atoms with van der Waals surface area (Å²) < 4.78 is 18.1. The van der Waals surface area contributed by atoms with Crippen LogP contribution in [0, 0.1) is 6.92 Å². The molecule has 0 radical (unpaired) electrons. The molecule has 0 spiro atoms.